The second-order valence-electron chi connectivity index (χ2n) is 6.39. The SMILES string of the molecule is C=C1C=C2[C@@H](C1)C(C)(C)CCC2(C)C. The number of allylic oxidation sites excluding steroid dienone is 3. The molecule has 0 amide bonds. The van der Waals surface area contributed by atoms with Gasteiger partial charge >= 0.3 is 0 Å². The molecule has 0 unspecified atom stereocenters. The van der Waals surface area contributed by atoms with Crippen molar-refractivity contribution < 1.29 is 0 Å². The lowest BCUT2D eigenvalue weighted by molar-refractivity contribution is 0.130. The van der Waals surface area contributed by atoms with E-state index in [1.54, 1.807) is 5.57 Å². The third kappa shape index (κ3) is 1.36. The standard InChI is InChI=1S/C14H22/c1-10-8-11-12(9-10)14(4,5)7-6-13(11,2)3/h8,12H,1,6-7,9H2,2-5H3/t12-/m1/s1. The average Bonchev–Trinajstić information content (AvgIpc) is 2.44. The fourth-order valence-corrected chi connectivity index (χ4v) is 3.07. The zero-order chi connectivity index (χ0) is 10.6. The summed E-state index contributed by atoms with van der Waals surface area (Å²) in [6.45, 7) is 13.7. The highest BCUT2D eigenvalue weighted by Crippen LogP contribution is 2.56. The van der Waals surface area contributed by atoms with Crippen molar-refractivity contribution in [3.63, 3.8) is 0 Å². The van der Waals surface area contributed by atoms with Gasteiger partial charge in [-0.2, -0.15) is 0 Å². The van der Waals surface area contributed by atoms with Crippen LogP contribution in [0.1, 0.15) is 47.0 Å². The largest absolute Gasteiger partial charge is 0.0958 e. The quantitative estimate of drug-likeness (QED) is 0.533. The summed E-state index contributed by atoms with van der Waals surface area (Å²) in [6.07, 6.45) is 6.25. The molecule has 0 spiro atoms. The maximum absolute atomic E-state index is 4.13. The van der Waals surface area contributed by atoms with Crippen LogP contribution < -0.4 is 0 Å². The molecule has 14 heavy (non-hydrogen) atoms. The van der Waals surface area contributed by atoms with Crippen molar-refractivity contribution in [1.82, 2.24) is 0 Å². The van der Waals surface area contributed by atoms with E-state index in [0.29, 0.717) is 10.8 Å². The topological polar surface area (TPSA) is 0 Å². The van der Waals surface area contributed by atoms with Gasteiger partial charge in [0.05, 0.1) is 0 Å². The molecule has 1 saturated carbocycles. The van der Waals surface area contributed by atoms with E-state index in [-0.39, 0.29) is 0 Å². The lowest BCUT2D eigenvalue weighted by atomic mass is 9.58. The summed E-state index contributed by atoms with van der Waals surface area (Å²) in [4.78, 5) is 0. The Morgan fingerprint density at radius 3 is 2.43 bits per heavy atom. The van der Waals surface area contributed by atoms with Gasteiger partial charge in [-0.25, -0.2) is 0 Å². The van der Waals surface area contributed by atoms with Crippen molar-refractivity contribution in [2.45, 2.75) is 47.0 Å². The van der Waals surface area contributed by atoms with E-state index in [1.165, 1.54) is 24.8 Å². The van der Waals surface area contributed by atoms with E-state index in [0.717, 1.165) is 5.92 Å². The molecule has 0 heteroatoms. The molecule has 1 fully saturated rings. The summed E-state index contributed by atoms with van der Waals surface area (Å²) >= 11 is 0. The third-order valence-corrected chi connectivity index (χ3v) is 4.32. The fraction of sp³-hybridized carbons (Fsp3) is 0.714. The maximum Gasteiger partial charge on any atom is -0.0103 e. The van der Waals surface area contributed by atoms with Crippen LogP contribution in [0, 0.1) is 16.7 Å². The van der Waals surface area contributed by atoms with E-state index in [1.807, 2.05) is 0 Å². The van der Waals surface area contributed by atoms with E-state index >= 15 is 0 Å². The first-order valence-corrected chi connectivity index (χ1v) is 5.73. The van der Waals surface area contributed by atoms with Gasteiger partial charge in [0.15, 0.2) is 0 Å². The van der Waals surface area contributed by atoms with Crippen LogP contribution in [0.5, 0.6) is 0 Å². The highest BCUT2D eigenvalue weighted by Gasteiger charge is 2.45. The summed E-state index contributed by atoms with van der Waals surface area (Å²) in [5, 5.41) is 0. The third-order valence-electron chi connectivity index (χ3n) is 4.32. The highest BCUT2D eigenvalue weighted by molar-refractivity contribution is 5.37. The van der Waals surface area contributed by atoms with E-state index < -0.39 is 0 Å². The van der Waals surface area contributed by atoms with Crippen molar-refractivity contribution in [3.8, 4) is 0 Å². The molecule has 0 aromatic heterocycles. The van der Waals surface area contributed by atoms with Crippen LogP contribution >= 0.6 is 0 Å². The second-order valence-corrected chi connectivity index (χ2v) is 6.39. The van der Waals surface area contributed by atoms with Crippen molar-refractivity contribution in [1.29, 1.82) is 0 Å². The molecule has 0 aliphatic heterocycles. The Kier molecular flexibility index (Phi) is 1.96. The average molecular weight is 190 g/mol. The maximum atomic E-state index is 4.13. The van der Waals surface area contributed by atoms with Crippen LogP contribution in [-0.4, -0.2) is 0 Å². The first-order valence-electron chi connectivity index (χ1n) is 5.73. The lowest BCUT2D eigenvalue weighted by Gasteiger charge is -2.46. The Balaban J connectivity index is 2.40. The minimum absolute atomic E-state index is 0.416. The van der Waals surface area contributed by atoms with Crippen LogP contribution in [0.4, 0.5) is 0 Å². The summed E-state index contributed by atoms with van der Waals surface area (Å²) in [5.41, 5.74) is 3.91. The number of hydrogen-bond donors (Lipinski definition) is 0. The van der Waals surface area contributed by atoms with Gasteiger partial charge in [-0.15, -0.1) is 0 Å². The number of rotatable bonds is 0. The van der Waals surface area contributed by atoms with Crippen LogP contribution in [0.25, 0.3) is 0 Å². The number of fused-ring (bicyclic) bond motifs is 1. The van der Waals surface area contributed by atoms with Gasteiger partial charge in [0, 0.05) is 0 Å². The summed E-state index contributed by atoms with van der Waals surface area (Å²) in [7, 11) is 0. The Labute approximate surface area is 88.1 Å². The van der Waals surface area contributed by atoms with Gasteiger partial charge < -0.3 is 0 Å². The molecule has 2 aliphatic carbocycles. The zero-order valence-corrected chi connectivity index (χ0v) is 9.98. The van der Waals surface area contributed by atoms with E-state index in [4.69, 9.17) is 0 Å². The smallest absolute Gasteiger partial charge is 0.0103 e. The Bertz CT molecular complexity index is 302. The Morgan fingerprint density at radius 1 is 1.21 bits per heavy atom. The van der Waals surface area contributed by atoms with Crippen molar-refractivity contribution in [2.75, 3.05) is 0 Å². The molecular weight excluding hydrogens is 168 g/mol. The monoisotopic (exact) mass is 190 g/mol. The van der Waals surface area contributed by atoms with Gasteiger partial charge in [0.25, 0.3) is 0 Å². The summed E-state index contributed by atoms with van der Waals surface area (Å²) in [5.74, 6) is 0.763. The molecule has 0 nitrogen and oxygen atoms in total. The van der Waals surface area contributed by atoms with Crippen LogP contribution in [0.2, 0.25) is 0 Å². The van der Waals surface area contributed by atoms with E-state index in [2.05, 4.69) is 40.3 Å². The summed E-state index contributed by atoms with van der Waals surface area (Å²) < 4.78 is 0. The molecule has 0 aromatic rings. The molecule has 78 valence electrons. The predicted molar refractivity (Wildman–Crippen MR) is 62.1 cm³/mol. The molecule has 2 aliphatic rings. The molecule has 0 aromatic carbocycles. The normalized spacial score (nSPS) is 33.9. The zero-order valence-electron chi connectivity index (χ0n) is 9.98. The lowest BCUT2D eigenvalue weighted by Crippen LogP contribution is -2.36. The molecular formula is C14H22. The van der Waals surface area contributed by atoms with Gasteiger partial charge in [-0.1, -0.05) is 51.5 Å². The molecule has 1 atom stereocenters. The Hall–Kier alpha value is -0.520. The summed E-state index contributed by atoms with van der Waals surface area (Å²) in [6, 6.07) is 0. The van der Waals surface area contributed by atoms with Gasteiger partial charge in [0.1, 0.15) is 0 Å². The van der Waals surface area contributed by atoms with Crippen LogP contribution in [-0.2, 0) is 0 Å². The van der Waals surface area contributed by atoms with Gasteiger partial charge in [-0.05, 0) is 36.0 Å². The molecule has 0 saturated heterocycles. The molecule has 0 bridgehead atoms. The molecule has 0 heterocycles. The van der Waals surface area contributed by atoms with Crippen LogP contribution in [0.15, 0.2) is 23.8 Å². The molecule has 2 rings (SSSR count). The molecule has 0 radical (unpaired) electrons. The first-order chi connectivity index (χ1) is 6.33. The van der Waals surface area contributed by atoms with E-state index in [9.17, 15) is 0 Å². The highest BCUT2D eigenvalue weighted by atomic mass is 14.5. The first kappa shape index (κ1) is 10.0. The minimum Gasteiger partial charge on any atom is -0.0958 e. The van der Waals surface area contributed by atoms with Crippen LogP contribution in [0.3, 0.4) is 0 Å². The Morgan fingerprint density at radius 2 is 1.86 bits per heavy atom. The second kappa shape index (κ2) is 2.74. The fourth-order valence-electron chi connectivity index (χ4n) is 3.07. The van der Waals surface area contributed by atoms with Gasteiger partial charge in [0.2, 0.25) is 0 Å². The van der Waals surface area contributed by atoms with Crippen molar-refractivity contribution in [3.05, 3.63) is 23.8 Å². The minimum atomic E-state index is 0.416. The van der Waals surface area contributed by atoms with Crippen molar-refractivity contribution in [2.24, 2.45) is 16.7 Å². The molecule has 0 N–H and O–H groups in total. The van der Waals surface area contributed by atoms with Gasteiger partial charge in [-0.3, -0.25) is 0 Å². The number of hydrogen-bond acceptors (Lipinski definition) is 0. The van der Waals surface area contributed by atoms with Crippen molar-refractivity contribution >= 4 is 0 Å². The predicted octanol–water partition coefficient (Wildman–Crippen LogP) is 4.34.